The molecule has 2 N–H and O–H groups in total. The molecule has 0 bridgehead atoms. The van der Waals surface area contributed by atoms with Gasteiger partial charge in [0, 0.05) is 19.2 Å². The Kier molecular flexibility index (Phi) is 6.74. The number of nitrogens with one attached hydrogen (secondary N) is 1. The van der Waals surface area contributed by atoms with Crippen molar-refractivity contribution in [3.8, 4) is 17.4 Å². The summed E-state index contributed by atoms with van der Waals surface area (Å²) in [5, 5.41) is 12.5. The molecule has 1 fully saturated rings. The predicted octanol–water partition coefficient (Wildman–Crippen LogP) is 4.34. The fourth-order valence-electron chi connectivity index (χ4n) is 4.45. The van der Waals surface area contributed by atoms with Crippen LogP contribution in [-0.4, -0.2) is 46.6 Å². The largest absolute Gasteiger partial charge is 0.485 e. The van der Waals surface area contributed by atoms with E-state index in [0.717, 1.165) is 37.2 Å². The lowest BCUT2D eigenvalue weighted by molar-refractivity contribution is -0.117. The summed E-state index contributed by atoms with van der Waals surface area (Å²) >= 11 is 0. The normalized spacial score (nSPS) is 18.6. The van der Waals surface area contributed by atoms with Crippen molar-refractivity contribution in [1.29, 1.82) is 0 Å². The number of fused-ring (bicyclic) bond motifs is 1. The van der Waals surface area contributed by atoms with Crippen LogP contribution in [0.2, 0.25) is 0 Å². The molecular weight excluding hydrogens is 430 g/mol. The number of benzene rings is 2. The molecule has 2 aliphatic rings. The second-order valence-corrected chi connectivity index (χ2v) is 8.87. The third kappa shape index (κ3) is 5.55. The number of ether oxygens (including phenoxy) is 2. The first-order valence-corrected chi connectivity index (χ1v) is 11.8. The number of nitrogens with zero attached hydrogens (tertiary/aromatic N) is 2. The molecule has 1 atom stereocenters. The number of anilines is 1. The van der Waals surface area contributed by atoms with Gasteiger partial charge < -0.3 is 19.9 Å². The highest BCUT2D eigenvalue weighted by atomic mass is 16.5. The lowest BCUT2D eigenvalue weighted by atomic mass is 9.97. The summed E-state index contributed by atoms with van der Waals surface area (Å²) < 4.78 is 12.1. The number of pyridine rings is 1. The minimum Gasteiger partial charge on any atom is -0.485 e. The molecule has 7 heteroatoms. The monoisotopic (exact) mass is 459 g/mol. The number of hydrogen-bond acceptors (Lipinski definition) is 6. The first-order chi connectivity index (χ1) is 16.6. The lowest BCUT2D eigenvalue weighted by Gasteiger charge is -2.28. The highest BCUT2D eigenvalue weighted by molar-refractivity contribution is 5.92. The number of hydrogen-bond donors (Lipinski definition) is 2. The van der Waals surface area contributed by atoms with Crippen LogP contribution in [0.4, 0.5) is 5.69 Å². The van der Waals surface area contributed by atoms with Gasteiger partial charge >= 0.3 is 0 Å². The number of aromatic nitrogens is 1. The van der Waals surface area contributed by atoms with Crippen molar-refractivity contribution in [2.75, 3.05) is 25.0 Å². The average Bonchev–Trinajstić information content (AvgIpc) is 2.87. The molecule has 176 valence electrons. The van der Waals surface area contributed by atoms with Crippen LogP contribution in [0, 0.1) is 0 Å². The zero-order chi connectivity index (χ0) is 23.3. The number of aryl methyl sites for hydroxylation is 1. The van der Waals surface area contributed by atoms with Crippen molar-refractivity contribution in [3.05, 3.63) is 78.0 Å². The maximum atomic E-state index is 12.3. The highest BCUT2D eigenvalue weighted by Gasteiger charge is 2.22. The molecule has 1 saturated heterocycles. The van der Waals surface area contributed by atoms with E-state index in [4.69, 9.17) is 9.47 Å². The lowest BCUT2D eigenvalue weighted by Crippen LogP contribution is -2.40. The minimum atomic E-state index is -0.245. The smallest absolute Gasteiger partial charge is 0.238 e. The van der Waals surface area contributed by atoms with Crippen molar-refractivity contribution in [1.82, 2.24) is 9.88 Å². The molecule has 1 aromatic heterocycles. The highest BCUT2D eigenvalue weighted by Crippen LogP contribution is 2.37. The van der Waals surface area contributed by atoms with Crippen LogP contribution >= 0.6 is 0 Å². The van der Waals surface area contributed by atoms with E-state index >= 15 is 0 Å². The molecule has 2 aromatic carbocycles. The molecule has 5 rings (SSSR count). The summed E-state index contributed by atoms with van der Waals surface area (Å²) in [6.45, 7) is 1.78. The fraction of sp³-hybridized carbons (Fsp3) is 0.333. The Morgan fingerprint density at radius 1 is 1.09 bits per heavy atom. The van der Waals surface area contributed by atoms with Gasteiger partial charge in [-0.3, -0.25) is 9.69 Å². The van der Waals surface area contributed by atoms with Gasteiger partial charge in [0.2, 0.25) is 11.8 Å². The van der Waals surface area contributed by atoms with Crippen molar-refractivity contribution >= 4 is 11.6 Å². The van der Waals surface area contributed by atoms with Gasteiger partial charge in [-0.15, -0.1) is 0 Å². The standard InChI is InChI=1S/C27H29N3O4/c31-22-12-14-30(15-13-22)18-26(32)29-21-7-11-27(28-17-21)33-23-8-10-25-20(16-23)6-9-24(34-25)19-4-2-1-3-5-19/h1-5,7-8,10-11,16-17,22,24,31H,6,9,12-15,18H2,(H,29,32). The molecule has 34 heavy (non-hydrogen) atoms. The number of likely N-dealkylation sites (tertiary alicyclic amines) is 1. The minimum absolute atomic E-state index is 0.0754. The molecule has 0 radical (unpaired) electrons. The summed E-state index contributed by atoms with van der Waals surface area (Å²) in [5.74, 6) is 1.97. The van der Waals surface area contributed by atoms with Gasteiger partial charge in [-0.05, 0) is 61.1 Å². The van der Waals surface area contributed by atoms with E-state index in [1.807, 2.05) is 36.4 Å². The van der Waals surface area contributed by atoms with Crippen LogP contribution in [0.25, 0.3) is 0 Å². The van der Waals surface area contributed by atoms with E-state index in [9.17, 15) is 9.90 Å². The van der Waals surface area contributed by atoms with Gasteiger partial charge in [0.15, 0.2) is 0 Å². The molecule has 1 amide bonds. The molecule has 3 aromatic rings. The van der Waals surface area contributed by atoms with Gasteiger partial charge in [-0.25, -0.2) is 4.98 Å². The van der Waals surface area contributed by atoms with Crippen LogP contribution in [-0.2, 0) is 11.2 Å². The molecule has 0 saturated carbocycles. The maximum absolute atomic E-state index is 12.3. The number of amides is 1. The van der Waals surface area contributed by atoms with E-state index in [1.54, 1.807) is 18.3 Å². The fourth-order valence-corrected chi connectivity index (χ4v) is 4.45. The Labute approximate surface area is 199 Å². The number of carbonyl (C=O) groups excluding carboxylic acids is 1. The van der Waals surface area contributed by atoms with Gasteiger partial charge in [-0.2, -0.15) is 0 Å². The maximum Gasteiger partial charge on any atom is 0.238 e. The Morgan fingerprint density at radius 2 is 1.91 bits per heavy atom. The summed E-state index contributed by atoms with van der Waals surface area (Å²) in [7, 11) is 0. The van der Waals surface area contributed by atoms with Crippen molar-refractivity contribution in [3.63, 3.8) is 0 Å². The van der Waals surface area contributed by atoms with Crippen molar-refractivity contribution in [2.45, 2.75) is 37.9 Å². The summed E-state index contributed by atoms with van der Waals surface area (Å²) in [4.78, 5) is 18.7. The molecule has 0 spiro atoms. The Bertz CT molecular complexity index is 1110. The molecule has 2 aliphatic heterocycles. The average molecular weight is 460 g/mol. The van der Waals surface area contributed by atoms with Crippen LogP contribution in [0.1, 0.15) is 36.5 Å². The van der Waals surface area contributed by atoms with E-state index < -0.39 is 0 Å². The number of carbonyl (C=O) groups is 1. The Balaban J connectivity index is 1.15. The second-order valence-electron chi connectivity index (χ2n) is 8.87. The molecule has 7 nitrogen and oxygen atoms in total. The van der Waals surface area contributed by atoms with Gasteiger partial charge in [0.1, 0.15) is 17.6 Å². The summed E-state index contributed by atoms with van der Waals surface area (Å²) in [6.07, 6.45) is 4.69. The van der Waals surface area contributed by atoms with E-state index in [1.165, 1.54) is 5.56 Å². The van der Waals surface area contributed by atoms with Crippen molar-refractivity contribution in [2.24, 2.45) is 0 Å². The zero-order valence-electron chi connectivity index (χ0n) is 19.0. The van der Waals surface area contributed by atoms with Crippen LogP contribution < -0.4 is 14.8 Å². The number of aliphatic hydroxyl groups is 1. The van der Waals surface area contributed by atoms with Crippen molar-refractivity contribution < 1.29 is 19.4 Å². The first-order valence-electron chi connectivity index (χ1n) is 11.8. The van der Waals surface area contributed by atoms with E-state index in [0.29, 0.717) is 36.7 Å². The Morgan fingerprint density at radius 3 is 2.68 bits per heavy atom. The topological polar surface area (TPSA) is 83.9 Å². The zero-order valence-corrected chi connectivity index (χ0v) is 19.0. The summed E-state index contributed by atoms with van der Waals surface area (Å²) in [5.41, 5.74) is 2.94. The molecular formula is C27H29N3O4. The van der Waals surface area contributed by atoms with Crippen LogP contribution in [0.15, 0.2) is 66.9 Å². The van der Waals surface area contributed by atoms with E-state index in [2.05, 4.69) is 27.3 Å². The molecule has 0 aliphatic carbocycles. The quantitative estimate of drug-likeness (QED) is 0.571. The SMILES string of the molecule is O=C(CN1CCC(O)CC1)Nc1ccc(Oc2ccc3c(c2)CCC(c2ccccc2)O3)nc1. The number of rotatable bonds is 6. The van der Waals surface area contributed by atoms with E-state index in [-0.39, 0.29) is 18.1 Å². The van der Waals surface area contributed by atoms with Crippen LogP contribution in [0.3, 0.4) is 0 Å². The van der Waals surface area contributed by atoms with Gasteiger partial charge in [0.05, 0.1) is 24.5 Å². The molecule has 1 unspecified atom stereocenters. The third-order valence-electron chi connectivity index (χ3n) is 6.32. The Hall–Kier alpha value is -3.42. The van der Waals surface area contributed by atoms with Crippen LogP contribution in [0.5, 0.6) is 17.4 Å². The molecule has 3 heterocycles. The van der Waals surface area contributed by atoms with Gasteiger partial charge in [-0.1, -0.05) is 30.3 Å². The number of piperidine rings is 1. The number of aliphatic hydroxyl groups excluding tert-OH is 1. The predicted molar refractivity (Wildman–Crippen MR) is 129 cm³/mol. The third-order valence-corrected chi connectivity index (χ3v) is 6.32. The van der Waals surface area contributed by atoms with Gasteiger partial charge in [0.25, 0.3) is 0 Å². The first kappa shape index (κ1) is 22.4. The second kappa shape index (κ2) is 10.2. The summed E-state index contributed by atoms with van der Waals surface area (Å²) in [6, 6.07) is 19.7.